The Balaban J connectivity index is 1.75. The first-order valence-corrected chi connectivity index (χ1v) is 6.92. The van der Waals surface area contributed by atoms with Crippen LogP contribution in [0.2, 0.25) is 0 Å². The minimum Gasteiger partial charge on any atom is -0.497 e. The van der Waals surface area contributed by atoms with Crippen molar-refractivity contribution in [1.82, 2.24) is 5.06 Å². The van der Waals surface area contributed by atoms with Gasteiger partial charge in [0.15, 0.2) is 0 Å². The summed E-state index contributed by atoms with van der Waals surface area (Å²) in [6.07, 6.45) is 3.89. The summed E-state index contributed by atoms with van der Waals surface area (Å²) in [7, 11) is 3.36. The minimum absolute atomic E-state index is 0.590. The van der Waals surface area contributed by atoms with Gasteiger partial charge in [-0.05, 0) is 18.9 Å². The van der Waals surface area contributed by atoms with E-state index in [1.54, 1.807) is 14.2 Å². The maximum atomic E-state index is 5.83. The molecule has 2 aliphatic rings. The summed E-state index contributed by atoms with van der Waals surface area (Å²) in [4.78, 5) is 5.83. The smallest absolute Gasteiger partial charge is 0.127 e. The third kappa shape index (κ3) is 2.42. The molecule has 0 N–H and O–H groups in total. The number of rotatable bonds is 4. The maximum Gasteiger partial charge on any atom is 0.127 e. The second-order valence-corrected chi connectivity index (χ2v) is 5.31. The number of hydroxylamine groups is 2. The van der Waals surface area contributed by atoms with Gasteiger partial charge < -0.3 is 9.47 Å². The monoisotopic (exact) mass is 263 g/mol. The van der Waals surface area contributed by atoms with Crippen molar-refractivity contribution in [2.45, 2.75) is 31.8 Å². The van der Waals surface area contributed by atoms with Crippen LogP contribution in [0, 0.1) is 5.92 Å². The lowest BCUT2D eigenvalue weighted by atomic mass is 10.1. The predicted molar refractivity (Wildman–Crippen MR) is 72.2 cm³/mol. The molecule has 3 rings (SSSR count). The van der Waals surface area contributed by atoms with E-state index in [4.69, 9.17) is 14.3 Å². The number of nitrogens with zero attached hydrogens (tertiary/aromatic N) is 1. The summed E-state index contributed by atoms with van der Waals surface area (Å²) in [6.45, 7) is 1.66. The van der Waals surface area contributed by atoms with Crippen molar-refractivity contribution in [2.75, 3.05) is 20.8 Å². The average molecular weight is 263 g/mol. The van der Waals surface area contributed by atoms with Crippen molar-refractivity contribution in [3.8, 4) is 11.5 Å². The molecule has 0 bridgehead atoms. The van der Waals surface area contributed by atoms with E-state index in [0.29, 0.717) is 6.04 Å². The van der Waals surface area contributed by atoms with Crippen molar-refractivity contribution in [1.29, 1.82) is 0 Å². The van der Waals surface area contributed by atoms with E-state index in [1.807, 2.05) is 12.1 Å². The van der Waals surface area contributed by atoms with Crippen molar-refractivity contribution in [2.24, 2.45) is 5.92 Å². The lowest BCUT2D eigenvalue weighted by Crippen LogP contribution is -2.28. The topological polar surface area (TPSA) is 30.9 Å². The fraction of sp³-hybridized carbons (Fsp3) is 0.600. The van der Waals surface area contributed by atoms with Gasteiger partial charge in [-0.2, -0.15) is 5.06 Å². The van der Waals surface area contributed by atoms with Crippen LogP contribution in [0.1, 0.15) is 24.8 Å². The second kappa shape index (κ2) is 5.39. The highest BCUT2D eigenvalue weighted by Crippen LogP contribution is 2.37. The molecule has 2 unspecified atom stereocenters. The van der Waals surface area contributed by atoms with E-state index < -0.39 is 0 Å². The maximum absolute atomic E-state index is 5.83. The lowest BCUT2D eigenvalue weighted by molar-refractivity contribution is -0.141. The van der Waals surface area contributed by atoms with Gasteiger partial charge in [0.2, 0.25) is 0 Å². The highest BCUT2D eigenvalue weighted by Gasteiger charge is 2.39. The molecule has 4 nitrogen and oxygen atoms in total. The third-order valence-corrected chi connectivity index (χ3v) is 4.26. The molecule has 1 saturated carbocycles. The normalized spacial score (nSPS) is 26.4. The summed E-state index contributed by atoms with van der Waals surface area (Å²) in [5.41, 5.74) is 1.15. The van der Waals surface area contributed by atoms with Gasteiger partial charge in [0.1, 0.15) is 11.5 Å². The highest BCUT2D eigenvalue weighted by molar-refractivity contribution is 5.40. The summed E-state index contributed by atoms with van der Waals surface area (Å²) in [6, 6.07) is 6.55. The lowest BCUT2D eigenvalue weighted by Gasteiger charge is -2.22. The molecular weight excluding hydrogens is 242 g/mol. The Morgan fingerprint density at radius 2 is 2.16 bits per heavy atom. The molecular formula is C15H21NO3. The molecule has 1 aromatic carbocycles. The SMILES string of the molecule is COc1ccc(CN2OCC3CCCC32)c(OC)c1. The molecule has 0 spiro atoms. The van der Waals surface area contributed by atoms with Gasteiger partial charge in [-0.3, -0.25) is 4.84 Å². The molecule has 0 radical (unpaired) electrons. The average Bonchev–Trinajstić information content (AvgIpc) is 3.04. The van der Waals surface area contributed by atoms with Crippen LogP contribution in [-0.4, -0.2) is 31.9 Å². The van der Waals surface area contributed by atoms with Crippen molar-refractivity contribution in [3.63, 3.8) is 0 Å². The zero-order chi connectivity index (χ0) is 13.2. The van der Waals surface area contributed by atoms with Crippen LogP contribution in [0.5, 0.6) is 11.5 Å². The van der Waals surface area contributed by atoms with Crippen LogP contribution >= 0.6 is 0 Å². The molecule has 1 aromatic rings. The number of benzene rings is 1. The van der Waals surface area contributed by atoms with Crippen LogP contribution in [-0.2, 0) is 11.4 Å². The van der Waals surface area contributed by atoms with E-state index in [2.05, 4.69) is 11.1 Å². The number of methoxy groups -OCH3 is 2. The van der Waals surface area contributed by atoms with E-state index in [9.17, 15) is 0 Å². The summed E-state index contributed by atoms with van der Waals surface area (Å²) < 4.78 is 10.7. The van der Waals surface area contributed by atoms with Gasteiger partial charge in [0, 0.05) is 23.6 Å². The molecule has 1 aliphatic heterocycles. The Morgan fingerprint density at radius 3 is 2.95 bits per heavy atom. The molecule has 0 aromatic heterocycles. The van der Waals surface area contributed by atoms with E-state index >= 15 is 0 Å². The first-order valence-electron chi connectivity index (χ1n) is 6.92. The van der Waals surface area contributed by atoms with Crippen molar-refractivity contribution in [3.05, 3.63) is 23.8 Å². The Bertz CT molecular complexity index is 449. The third-order valence-electron chi connectivity index (χ3n) is 4.26. The summed E-state index contributed by atoms with van der Waals surface area (Å²) >= 11 is 0. The van der Waals surface area contributed by atoms with Crippen molar-refractivity contribution < 1.29 is 14.3 Å². The first-order chi connectivity index (χ1) is 9.31. The van der Waals surface area contributed by atoms with Crippen LogP contribution in [0.3, 0.4) is 0 Å². The standard InChI is InChI=1S/C15H21NO3/c1-17-13-7-6-11(15(8-13)18-2)9-16-14-5-3-4-12(14)10-19-16/h6-8,12,14H,3-5,9-10H2,1-2H3. The van der Waals surface area contributed by atoms with Gasteiger partial charge in [-0.1, -0.05) is 12.5 Å². The van der Waals surface area contributed by atoms with Gasteiger partial charge in [-0.25, -0.2) is 0 Å². The fourth-order valence-corrected chi connectivity index (χ4v) is 3.19. The summed E-state index contributed by atoms with van der Waals surface area (Å²) in [5.74, 6) is 2.41. The van der Waals surface area contributed by atoms with E-state index in [1.165, 1.54) is 19.3 Å². The van der Waals surface area contributed by atoms with Crippen LogP contribution in [0.25, 0.3) is 0 Å². The highest BCUT2D eigenvalue weighted by atomic mass is 16.7. The predicted octanol–water partition coefficient (Wildman–Crippen LogP) is 2.62. The van der Waals surface area contributed by atoms with Crippen LogP contribution in [0.4, 0.5) is 0 Å². The van der Waals surface area contributed by atoms with Gasteiger partial charge in [-0.15, -0.1) is 0 Å². The van der Waals surface area contributed by atoms with E-state index in [0.717, 1.165) is 36.1 Å². The van der Waals surface area contributed by atoms with E-state index in [-0.39, 0.29) is 0 Å². The molecule has 2 fully saturated rings. The number of hydrogen-bond donors (Lipinski definition) is 0. The van der Waals surface area contributed by atoms with Gasteiger partial charge in [0.25, 0.3) is 0 Å². The zero-order valence-corrected chi connectivity index (χ0v) is 11.6. The molecule has 0 amide bonds. The molecule has 2 atom stereocenters. The zero-order valence-electron chi connectivity index (χ0n) is 11.6. The quantitative estimate of drug-likeness (QED) is 0.835. The molecule has 1 saturated heterocycles. The molecule has 19 heavy (non-hydrogen) atoms. The summed E-state index contributed by atoms with van der Waals surface area (Å²) in [5, 5.41) is 2.14. The largest absolute Gasteiger partial charge is 0.497 e. The number of hydrogen-bond acceptors (Lipinski definition) is 4. The van der Waals surface area contributed by atoms with Crippen LogP contribution in [0.15, 0.2) is 18.2 Å². The Kier molecular flexibility index (Phi) is 3.62. The van der Waals surface area contributed by atoms with Crippen LogP contribution < -0.4 is 9.47 Å². The molecule has 1 heterocycles. The molecule has 104 valence electrons. The van der Waals surface area contributed by atoms with Gasteiger partial charge in [0.05, 0.1) is 27.4 Å². The Hall–Kier alpha value is -1.26. The second-order valence-electron chi connectivity index (χ2n) is 5.31. The molecule has 1 aliphatic carbocycles. The van der Waals surface area contributed by atoms with Crippen molar-refractivity contribution >= 4 is 0 Å². The van der Waals surface area contributed by atoms with Gasteiger partial charge >= 0.3 is 0 Å². The first kappa shape index (κ1) is 12.8. The Morgan fingerprint density at radius 1 is 1.26 bits per heavy atom. The fourth-order valence-electron chi connectivity index (χ4n) is 3.19. The number of ether oxygens (including phenoxy) is 2. The number of fused-ring (bicyclic) bond motifs is 1. The minimum atomic E-state index is 0.590. The molecule has 4 heteroatoms. The Labute approximate surface area is 114 Å².